The molecular formula is C25H21N7O3. The number of nitrogens with one attached hydrogen (secondary N) is 3. The summed E-state index contributed by atoms with van der Waals surface area (Å²) < 4.78 is 1.51. The van der Waals surface area contributed by atoms with Crippen LogP contribution in [0.15, 0.2) is 65.8 Å². The Labute approximate surface area is 200 Å². The average molecular weight is 467 g/mol. The lowest BCUT2D eigenvalue weighted by Crippen LogP contribution is -2.16. The van der Waals surface area contributed by atoms with Crippen molar-refractivity contribution >= 4 is 41.0 Å². The summed E-state index contributed by atoms with van der Waals surface area (Å²) in [5, 5.41) is 16.4. The smallest absolute Gasteiger partial charge is 0.273 e. The van der Waals surface area contributed by atoms with Gasteiger partial charge >= 0.3 is 0 Å². The van der Waals surface area contributed by atoms with Gasteiger partial charge in [0.2, 0.25) is 5.91 Å². The Morgan fingerprint density at radius 3 is 2.69 bits per heavy atom. The number of amides is 2. The number of H-pyrrole nitrogens is 1. The van der Waals surface area contributed by atoms with Gasteiger partial charge < -0.3 is 10.6 Å². The standard InChI is InChI=1S/C25H21N7O3/c1-14-10-21(32(2)31-14)25(35)28-17-5-3-4-15(11-17)23(33)16-6-7-20-18(12-16)19(24(34)29-20)13-26-22-8-9-27-30-22/h3-13,19H,1-2H3,(H,27,30)(H,28,35)(H,29,34). The number of anilines is 2. The number of ketones is 1. The van der Waals surface area contributed by atoms with Crippen LogP contribution in [0.1, 0.15) is 43.6 Å². The molecule has 0 saturated carbocycles. The highest BCUT2D eigenvalue weighted by atomic mass is 16.2. The molecule has 2 amide bonds. The number of aliphatic imine (C=N–C) groups is 1. The van der Waals surface area contributed by atoms with Gasteiger partial charge in [-0.25, -0.2) is 4.99 Å². The van der Waals surface area contributed by atoms with Crippen molar-refractivity contribution in [1.29, 1.82) is 0 Å². The van der Waals surface area contributed by atoms with Crippen molar-refractivity contribution in [3.05, 3.63) is 88.9 Å². The van der Waals surface area contributed by atoms with Crippen molar-refractivity contribution < 1.29 is 14.4 Å². The van der Waals surface area contributed by atoms with Crippen LogP contribution >= 0.6 is 0 Å². The molecule has 0 radical (unpaired) electrons. The summed E-state index contributed by atoms with van der Waals surface area (Å²) in [5.74, 6) is -0.876. The minimum atomic E-state index is -0.631. The Balaban J connectivity index is 1.38. The second kappa shape index (κ2) is 8.82. The van der Waals surface area contributed by atoms with Crippen LogP contribution in [0.5, 0.6) is 0 Å². The molecule has 1 unspecified atom stereocenters. The quantitative estimate of drug-likeness (QED) is 0.295. The van der Waals surface area contributed by atoms with E-state index < -0.39 is 5.92 Å². The molecule has 10 heteroatoms. The average Bonchev–Trinajstić information content (AvgIpc) is 3.55. The van der Waals surface area contributed by atoms with Crippen LogP contribution in [0.25, 0.3) is 0 Å². The number of carbonyl (C=O) groups is 3. The van der Waals surface area contributed by atoms with Gasteiger partial charge in [0, 0.05) is 41.8 Å². The molecule has 5 rings (SSSR count). The number of hydrogen-bond donors (Lipinski definition) is 3. The van der Waals surface area contributed by atoms with E-state index in [-0.39, 0.29) is 17.6 Å². The van der Waals surface area contributed by atoms with Crippen molar-refractivity contribution in [2.24, 2.45) is 12.0 Å². The van der Waals surface area contributed by atoms with Crippen molar-refractivity contribution in [2.75, 3.05) is 10.6 Å². The Bertz CT molecular complexity index is 1480. The number of rotatable bonds is 6. The zero-order chi connectivity index (χ0) is 24.5. The van der Waals surface area contributed by atoms with E-state index in [0.717, 1.165) is 5.69 Å². The van der Waals surface area contributed by atoms with Gasteiger partial charge in [-0.1, -0.05) is 12.1 Å². The zero-order valence-corrected chi connectivity index (χ0v) is 18.9. The van der Waals surface area contributed by atoms with Crippen LogP contribution in [0.3, 0.4) is 0 Å². The lowest BCUT2D eigenvalue weighted by Gasteiger charge is -2.09. The van der Waals surface area contributed by atoms with E-state index in [0.29, 0.717) is 39.6 Å². The minimum absolute atomic E-state index is 0.219. The molecule has 3 N–H and O–H groups in total. The number of fused-ring (bicyclic) bond motifs is 1. The Kier molecular flexibility index (Phi) is 5.54. The third-order valence-corrected chi connectivity index (χ3v) is 5.66. The normalized spacial score (nSPS) is 14.7. The molecule has 0 fully saturated rings. The predicted octanol–water partition coefficient (Wildman–Crippen LogP) is 3.37. The number of aromatic nitrogens is 4. The zero-order valence-electron chi connectivity index (χ0n) is 18.9. The van der Waals surface area contributed by atoms with Crippen molar-refractivity contribution in [3.63, 3.8) is 0 Å². The minimum Gasteiger partial charge on any atom is -0.325 e. The number of benzene rings is 2. The van der Waals surface area contributed by atoms with E-state index >= 15 is 0 Å². The third kappa shape index (κ3) is 4.36. The first-order valence-electron chi connectivity index (χ1n) is 10.8. The SMILES string of the molecule is Cc1cc(C(=O)Nc2cccc(C(=O)c3ccc4c(c3)C(C=Nc3ccn[nH]3)C(=O)N4)c2)n(C)n1. The molecule has 0 aliphatic carbocycles. The Morgan fingerprint density at radius 1 is 1.11 bits per heavy atom. The van der Waals surface area contributed by atoms with Gasteiger partial charge in [0.05, 0.1) is 11.9 Å². The molecule has 1 aliphatic heterocycles. The van der Waals surface area contributed by atoms with Crippen LogP contribution in [0.4, 0.5) is 17.2 Å². The highest BCUT2D eigenvalue weighted by molar-refractivity contribution is 6.15. The number of nitrogens with zero attached hydrogens (tertiary/aromatic N) is 4. The summed E-state index contributed by atoms with van der Waals surface area (Å²) >= 11 is 0. The van der Waals surface area contributed by atoms with Crippen LogP contribution in [0.2, 0.25) is 0 Å². The molecule has 1 atom stereocenters. The highest BCUT2D eigenvalue weighted by Crippen LogP contribution is 2.33. The lowest BCUT2D eigenvalue weighted by atomic mass is 9.96. The maximum atomic E-state index is 13.3. The first-order valence-corrected chi connectivity index (χ1v) is 10.8. The summed E-state index contributed by atoms with van der Waals surface area (Å²) in [7, 11) is 1.70. The monoisotopic (exact) mass is 467 g/mol. The molecular weight excluding hydrogens is 446 g/mol. The van der Waals surface area contributed by atoms with E-state index in [1.165, 1.54) is 10.9 Å². The molecule has 35 heavy (non-hydrogen) atoms. The molecule has 4 aromatic rings. The van der Waals surface area contributed by atoms with Crippen molar-refractivity contribution in [2.45, 2.75) is 12.8 Å². The number of aromatic amines is 1. The fourth-order valence-corrected chi connectivity index (χ4v) is 3.97. The Morgan fingerprint density at radius 2 is 1.94 bits per heavy atom. The van der Waals surface area contributed by atoms with Crippen LogP contribution in [0, 0.1) is 6.92 Å². The number of carbonyl (C=O) groups excluding carboxylic acids is 3. The molecule has 0 spiro atoms. The van der Waals surface area contributed by atoms with Crippen LogP contribution < -0.4 is 10.6 Å². The molecule has 3 heterocycles. The van der Waals surface area contributed by atoms with Crippen LogP contribution in [-0.4, -0.2) is 43.8 Å². The molecule has 1 aliphatic rings. The molecule has 0 saturated heterocycles. The van der Waals surface area contributed by atoms with E-state index in [1.54, 1.807) is 67.8 Å². The molecule has 174 valence electrons. The van der Waals surface area contributed by atoms with Crippen molar-refractivity contribution in [3.8, 4) is 0 Å². The topological polar surface area (TPSA) is 134 Å². The number of aryl methyl sites for hydroxylation is 2. The largest absolute Gasteiger partial charge is 0.325 e. The fourth-order valence-electron chi connectivity index (χ4n) is 3.97. The molecule has 10 nitrogen and oxygen atoms in total. The maximum absolute atomic E-state index is 13.3. The summed E-state index contributed by atoms with van der Waals surface area (Å²) in [6.07, 6.45) is 3.10. The van der Waals surface area contributed by atoms with Gasteiger partial charge in [-0.2, -0.15) is 10.2 Å². The molecule has 2 aromatic heterocycles. The highest BCUT2D eigenvalue weighted by Gasteiger charge is 2.30. The van der Waals surface area contributed by atoms with Gasteiger partial charge in [-0.3, -0.25) is 24.2 Å². The third-order valence-electron chi connectivity index (χ3n) is 5.66. The fraction of sp³-hybridized carbons (Fsp3) is 0.120. The second-order valence-corrected chi connectivity index (χ2v) is 8.15. The first kappa shape index (κ1) is 22.0. The van der Waals surface area contributed by atoms with E-state index in [2.05, 4.69) is 30.9 Å². The molecule has 2 aromatic carbocycles. The summed E-state index contributed by atoms with van der Waals surface area (Å²) in [5.41, 5.74) is 3.77. The maximum Gasteiger partial charge on any atom is 0.273 e. The van der Waals surface area contributed by atoms with Gasteiger partial charge in [0.25, 0.3) is 5.91 Å². The number of hydrogen-bond acceptors (Lipinski definition) is 6. The Hall–Kier alpha value is -4.86. The summed E-state index contributed by atoms with van der Waals surface area (Å²) in [6, 6.07) is 15.2. The van der Waals surface area contributed by atoms with Gasteiger partial charge in [0.1, 0.15) is 17.4 Å². The molecule has 0 bridgehead atoms. The van der Waals surface area contributed by atoms with Gasteiger partial charge in [0.15, 0.2) is 5.78 Å². The lowest BCUT2D eigenvalue weighted by molar-refractivity contribution is -0.115. The van der Waals surface area contributed by atoms with Gasteiger partial charge in [-0.15, -0.1) is 0 Å². The van der Waals surface area contributed by atoms with E-state index in [9.17, 15) is 14.4 Å². The van der Waals surface area contributed by atoms with Gasteiger partial charge in [-0.05, 0) is 48.9 Å². The first-order chi connectivity index (χ1) is 16.9. The second-order valence-electron chi connectivity index (χ2n) is 8.15. The van der Waals surface area contributed by atoms with E-state index in [4.69, 9.17) is 0 Å². The van der Waals surface area contributed by atoms with Crippen LogP contribution in [-0.2, 0) is 11.8 Å². The predicted molar refractivity (Wildman–Crippen MR) is 130 cm³/mol. The van der Waals surface area contributed by atoms with E-state index in [1.807, 2.05) is 6.92 Å². The summed E-state index contributed by atoms with van der Waals surface area (Å²) in [4.78, 5) is 42.6. The summed E-state index contributed by atoms with van der Waals surface area (Å²) in [6.45, 7) is 1.81. The van der Waals surface area contributed by atoms with Crippen molar-refractivity contribution in [1.82, 2.24) is 20.0 Å².